The number of methoxy groups -OCH3 is 1. The van der Waals surface area contributed by atoms with Gasteiger partial charge in [0.1, 0.15) is 0 Å². The van der Waals surface area contributed by atoms with E-state index >= 15 is 0 Å². The van der Waals surface area contributed by atoms with Crippen molar-refractivity contribution >= 4 is 17.8 Å². The van der Waals surface area contributed by atoms with Crippen LogP contribution < -0.4 is 0 Å². The molecule has 1 aliphatic heterocycles. The predicted octanol–water partition coefficient (Wildman–Crippen LogP) is 3.39. The number of carbonyl (C=O) groups excluding carboxylic acids is 3. The van der Waals surface area contributed by atoms with E-state index in [4.69, 9.17) is 0 Å². The van der Waals surface area contributed by atoms with E-state index in [1.807, 2.05) is 0 Å². The highest BCUT2D eigenvalue weighted by atomic mass is 16.5. The zero-order valence-electron chi connectivity index (χ0n) is 13.8. The Morgan fingerprint density at radius 1 is 1.08 bits per heavy atom. The Bertz CT molecular complexity index is 819. The van der Waals surface area contributed by atoms with E-state index in [0.717, 1.165) is 5.56 Å². The van der Waals surface area contributed by atoms with Crippen molar-refractivity contribution in [3.8, 4) is 0 Å². The number of rotatable bonds is 5. The zero-order valence-corrected chi connectivity index (χ0v) is 13.8. The maximum Gasteiger partial charge on any atom is 0.337 e. The first-order valence-corrected chi connectivity index (χ1v) is 7.84. The van der Waals surface area contributed by atoms with Crippen LogP contribution in [0.25, 0.3) is 0 Å². The minimum Gasteiger partial charge on any atom is -0.465 e. The Kier molecular flexibility index (Phi) is 4.48. The zero-order chi connectivity index (χ0) is 18.0. The molecule has 1 heterocycles. The van der Waals surface area contributed by atoms with Crippen LogP contribution >= 0.6 is 0 Å². The summed E-state index contributed by atoms with van der Waals surface area (Å²) in [6.45, 7) is 3.73. The summed E-state index contributed by atoms with van der Waals surface area (Å²) < 4.78 is 4.69. The van der Waals surface area contributed by atoms with Crippen molar-refractivity contribution in [3.05, 3.63) is 83.4 Å². The lowest BCUT2D eigenvalue weighted by molar-refractivity contribution is 0.0574. The van der Waals surface area contributed by atoms with E-state index in [0.29, 0.717) is 23.1 Å². The van der Waals surface area contributed by atoms with Crippen molar-refractivity contribution in [1.82, 2.24) is 4.90 Å². The molecule has 1 unspecified atom stereocenters. The van der Waals surface area contributed by atoms with E-state index in [1.165, 1.54) is 12.0 Å². The number of hydrogen-bond donors (Lipinski definition) is 0. The molecule has 2 amide bonds. The molecule has 0 aliphatic carbocycles. The lowest BCUT2D eigenvalue weighted by atomic mass is 10.0. The Morgan fingerprint density at radius 2 is 1.64 bits per heavy atom. The molecule has 0 fully saturated rings. The van der Waals surface area contributed by atoms with Crippen LogP contribution in [-0.2, 0) is 4.74 Å². The van der Waals surface area contributed by atoms with E-state index in [9.17, 15) is 14.4 Å². The monoisotopic (exact) mass is 335 g/mol. The quantitative estimate of drug-likeness (QED) is 0.477. The minimum absolute atomic E-state index is 0.315. The van der Waals surface area contributed by atoms with Crippen LogP contribution in [0.4, 0.5) is 0 Å². The molecule has 126 valence electrons. The van der Waals surface area contributed by atoms with Crippen molar-refractivity contribution in [2.24, 2.45) is 0 Å². The maximum atomic E-state index is 12.7. The van der Waals surface area contributed by atoms with Crippen LogP contribution in [0.15, 0.2) is 61.2 Å². The van der Waals surface area contributed by atoms with Gasteiger partial charge in [0, 0.05) is 0 Å². The number of ether oxygens (including phenoxy) is 1. The number of amides is 2. The van der Waals surface area contributed by atoms with Gasteiger partial charge in [-0.1, -0.05) is 30.3 Å². The maximum absolute atomic E-state index is 12.7. The van der Waals surface area contributed by atoms with Crippen molar-refractivity contribution in [1.29, 1.82) is 0 Å². The SMILES string of the molecule is C=CCC(c1ccc(C(=O)OC)cc1)N1C(=O)c2ccccc2C1=O. The predicted molar refractivity (Wildman–Crippen MR) is 92.3 cm³/mol. The standard InChI is InChI=1S/C20H17NO4/c1-3-6-17(13-9-11-14(12-10-13)20(24)25-2)21-18(22)15-7-4-5-8-16(15)19(21)23/h3-5,7-12,17H,1,6H2,2H3. The largest absolute Gasteiger partial charge is 0.465 e. The Morgan fingerprint density at radius 3 is 2.12 bits per heavy atom. The van der Waals surface area contributed by atoms with Gasteiger partial charge in [-0.25, -0.2) is 4.79 Å². The molecule has 2 aromatic rings. The Balaban J connectivity index is 1.97. The van der Waals surface area contributed by atoms with Crippen LogP contribution in [0, 0.1) is 0 Å². The molecule has 5 nitrogen and oxygen atoms in total. The minimum atomic E-state index is -0.475. The second-order valence-corrected chi connectivity index (χ2v) is 5.68. The first-order valence-electron chi connectivity index (χ1n) is 7.84. The van der Waals surface area contributed by atoms with Gasteiger partial charge < -0.3 is 4.74 Å². The smallest absolute Gasteiger partial charge is 0.337 e. The molecule has 5 heteroatoms. The van der Waals surface area contributed by atoms with Gasteiger partial charge in [0.2, 0.25) is 0 Å². The number of nitrogens with zero attached hydrogens (tertiary/aromatic N) is 1. The van der Waals surface area contributed by atoms with Crippen molar-refractivity contribution in [2.45, 2.75) is 12.5 Å². The molecule has 1 aliphatic rings. The Labute approximate surface area is 145 Å². The number of hydrogen-bond acceptors (Lipinski definition) is 4. The van der Waals surface area contributed by atoms with Crippen LogP contribution in [0.1, 0.15) is 49.1 Å². The average Bonchev–Trinajstić information content (AvgIpc) is 2.90. The third-order valence-corrected chi connectivity index (χ3v) is 4.24. The van der Waals surface area contributed by atoms with E-state index in [1.54, 1.807) is 54.6 Å². The van der Waals surface area contributed by atoms with Crippen molar-refractivity contribution in [3.63, 3.8) is 0 Å². The number of fused-ring (bicyclic) bond motifs is 1. The molecule has 1 atom stereocenters. The molecule has 0 spiro atoms. The number of carbonyl (C=O) groups is 3. The van der Waals surface area contributed by atoms with Crippen molar-refractivity contribution in [2.75, 3.05) is 7.11 Å². The fourth-order valence-electron chi connectivity index (χ4n) is 3.00. The molecule has 0 aromatic heterocycles. The lowest BCUT2D eigenvalue weighted by Gasteiger charge is -2.25. The summed E-state index contributed by atoms with van der Waals surface area (Å²) >= 11 is 0. The van der Waals surface area contributed by atoms with Crippen LogP contribution in [-0.4, -0.2) is 29.8 Å². The molecule has 3 rings (SSSR count). The summed E-state index contributed by atoms with van der Waals surface area (Å²) in [5.74, 6) is -1.07. The van der Waals surface area contributed by atoms with Gasteiger partial charge in [-0.15, -0.1) is 6.58 Å². The summed E-state index contributed by atoms with van der Waals surface area (Å²) in [7, 11) is 1.32. The molecule has 0 N–H and O–H groups in total. The van der Waals surface area contributed by atoms with Gasteiger partial charge in [-0.2, -0.15) is 0 Å². The summed E-state index contributed by atoms with van der Waals surface area (Å²) in [5.41, 5.74) is 1.98. The summed E-state index contributed by atoms with van der Waals surface area (Å²) in [6, 6.07) is 13.0. The Hall–Kier alpha value is -3.21. The fourth-order valence-corrected chi connectivity index (χ4v) is 3.00. The van der Waals surface area contributed by atoms with Gasteiger partial charge in [-0.05, 0) is 36.2 Å². The normalized spacial score (nSPS) is 14.2. The van der Waals surface area contributed by atoms with E-state index in [-0.39, 0.29) is 11.8 Å². The number of esters is 1. The highest BCUT2D eigenvalue weighted by Crippen LogP contribution is 2.33. The lowest BCUT2D eigenvalue weighted by Crippen LogP contribution is -2.34. The first kappa shape index (κ1) is 16.6. The van der Waals surface area contributed by atoms with Crippen molar-refractivity contribution < 1.29 is 19.1 Å². The molecule has 0 radical (unpaired) electrons. The molecule has 25 heavy (non-hydrogen) atoms. The van der Waals surface area contributed by atoms with Gasteiger partial charge in [0.25, 0.3) is 11.8 Å². The molecular formula is C20H17NO4. The fraction of sp³-hybridized carbons (Fsp3) is 0.150. The molecule has 2 aromatic carbocycles. The second kappa shape index (κ2) is 6.73. The molecular weight excluding hydrogens is 318 g/mol. The third-order valence-electron chi connectivity index (χ3n) is 4.24. The molecule has 0 bridgehead atoms. The number of imide groups is 1. The molecule has 0 saturated heterocycles. The van der Waals surface area contributed by atoms with E-state index < -0.39 is 12.0 Å². The van der Waals surface area contributed by atoms with Crippen LogP contribution in [0.5, 0.6) is 0 Å². The highest BCUT2D eigenvalue weighted by molar-refractivity contribution is 6.21. The van der Waals surface area contributed by atoms with E-state index in [2.05, 4.69) is 11.3 Å². The van der Waals surface area contributed by atoms with Gasteiger partial charge in [0.15, 0.2) is 0 Å². The van der Waals surface area contributed by atoms with Gasteiger partial charge in [-0.3, -0.25) is 14.5 Å². The second-order valence-electron chi connectivity index (χ2n) is 5.68. The third kappa shape index (κ3) is 2.85. The topological polar surface area (TPSA) is 63.7 Å². The molecule has 0 saturated carbocycles. The van der Waals surface area contributed by atoms with Crippen LogP contribution in [0.2, 0.25) is 0 Å². The highest BCUT2D eigenvalue weighted by Gasteiger charge is 2.39. The summed E-state index contributed by atoms with van der Waals surface area (Å²) in [4.78, 5) is 38.3. The summed E-state index contributed by atoms with van der Waals surface area (Å²) in [6.07, 6.45) is 2.09. The van der Waals surface area contributed by atoms with Gasteiger partial charge >= 0.3 is 5.97 Å². The summed E-state index contributed by atoms with van der Waals surface area (Å²) in [5, 5.41) is 0. The average molecular weight is 335 g/mol. The van der Waals surface area contributed by atoms with Gasteiger partial charge in [0.05, 0.1) is 29.8 Å². The van der Waals surface area contributed by atoms with Crippen LogP contribution in [0.3, 0.4) is 0 Å². The number of benzene rings is 2. The first-order chi connectivity index (χ1) is 12.1.